The minimum Gasteiger partial charge on any atom is -0.373 e. The summed E-state index contributed by atoms with van der Waals surface area (Å²) in [7, 11) is 1.79. The Kier molecular flexibility index (Phi) is 3.77. The van der Waals surface area contributed by atoms with Gasteiger partial charge in [0.15, 0.2) is 5.82 Å². The second kappa shape index (κ2) is 5.31. The van der Waals surface area contributed by atoms with Crippen LogP contribution in [0, 0.1) is 5.82 Å². The van der Waals surface area contributed by atoms with Gasteiger partial charge in [-0.15, -0.1) is 0 Å². The Labute approximate surface area is 110 Å². The average molecular weight is 266 g/mol. The number of aryl methyl sites for hydroxylation is 1. The molecule has 2 rings (SSSR count). The largest absolute Gasteiger partial charge is 0.373 e. The molecule has 1 N–H and O–H groups in total. The van der Waals surface area contributed by atoms with E-state index in [-0.39, 0.29) is 5.02 Å². The number of hydrogen-bond acceptors (Lipinski definition) is 3. The number of nitrogens with zero attached hydrogens (tertiary/aromatic N) is 2. The molecule has 0 saturated carbocycles. The van der Waals surface area contributed by atoms with Crippen LogP contribution in [-0.2, 0) is 6.42 Å². The summed E-state index contributed by atoms with van der Waals surface area (Å²) >= 11 is 5.76. The van der Waals surface area contributed by atoms with Crippen molar-refractivity contribution in [3.8, 4) is 11.4 Å². The van der Waals surface area contributed by atoms with Crippen molar-refractivity contribution < 1.29 is 4.39 Å². The van der Waals surface area contributed by atoms with Crippen molar-refractivity contribution in [2.75, 3.05) is 12.4 Å². The molecule has 0 bridgehead atoms. The third kappa shape index (κ3) is 2.59. The second-order valence-electron chi connectivity index (χ2n) is 3.80. The van der Waals surface area contributed by atoms with Gasteiger partial charge >= 0.3 is 0 Å². The fourth-order valence-electron chi connectivity index (χ4n) is 1.57. The maximum atomic E-state index is 13.1. The van der Waals surface area contributed by atoms with Crippen LogP contribution in [0.3, 0.4) is 0 Å². The lowest BCUT2D eigenvalue weighted by Gasteiger charge is -2.07. The van der Waals surface area contributed by atoms with Crippen LogP contribution in [0.5, 0.6) is 0 Å². The molecular weight excluding hydrogens is 253 g/mol. The van der Waals surface area contributed by atoms with Gasteiger partial charge in [0.05, 0.1) is 5.02 Å². The van der Waals surface area contributed by atoms with Crippen molar-refractivity contribution in [1.29, 1.82) is 0 Å². The topological polar surface area (TPSA) is 37.8 Å². The fraction of sp³-hybridized carbons (Fsp3) is 0.231. The predicted molar refractivity (Wildman–Crippen MR) is 71.4 cm³/mol. The normalized spacial score (nSPS) is 10.4. The van der Waals surface area contributed by atoms with Gasteiger partial charge in [0, 0.05) is 24.4 Å². The predicted octanol–water partition coefficient (Wildman–Crippen LogP) is 3.54. The molecule has 0 atom stereocenters. The van der Waals surface area contributed by atoms with Gasteiger partial charge < -0.3 is 5.32 Å². The molecule has 0 aliphatic heterocycles. The standard InChI is InChI=1S/C13H13ClFN3/c1-3-9-7-12(16-2)18-13(17-9)8-4-5-11(15)10(14)6-8/h4-7H,3H2,1-2H3,(H,16,17,18). The molecule has 3 nitrogen and oxygen atoms in total. The van der Waals surface area contributed by atoms with Crippen LogP contribution in [0.1, 0.15) is 12.6 Å². The highest BCUT2D eigenvalue weighted by Gasteiger charge is 2.08. The lowest BCUT2D eigenvalue weighted by atomic mass is 10.2. The number of nitrogens with one attached hydrogen (secondary N) is 1. The third-order valence-electron chi connectivity index (χ3n) is 2.58. The van der Waals surface area contributed by atoms with E-state index in [0.29, 0.717) is 11.4 Å². The Balaban J connectivity index is 2.51. The van der Waals surface area contributed by atoms with Gasteiger partial charge in [0.2, 0.25) is 0 Å². The molecule has 1 aromatic heterocycles. The maximum absolute atomic E-state index is 13.1. The number of anilines is 1. The Morgan fingerprint density at radius 1 is 1.28 bits per heavy atom. The highest BCUT2D eigenvalue weighted by molar-refractivity contribution is 6.31. The lowest BCUT2D eigenvalue weighted by Crippen LogP contribution is -2.00. The summed E-state index contributed by atoms with van der Waals surface area (Å²) in [5.41, 5.74) is 1.62. The van der Waals surface area contributed by atoms with Crippen LogP contribution in [-0.4, -0.2) is 17.0 Å². The summed E-state index contributed by atoms with van der Waals surface area (Å²) in [4.78, 5) is 8.75. The van der Waals surface area contributed by atoms with Gasteiger partial charge in [-0.25, -0.2) is 14.4 Å². The molecule has 0 amide bonds. The number of aromatic nitrogens is 2. The Morgan fingerprint density at radius 2 is 2.06 bits per heavy atom. The zero-order chi connectivity index (χ0) is 13.1. The van der Waals surface area contributed by atoms with Gasteiger partial charge in [0.1, 0.15) is 11.6 Å². The first kappa shape index (κ1) is 12.8. The molecule has 94 valence electrons. The smallest absolute Gasteiger partial charge is 0.161 e. The molecule has 0 radical (unpaired) electrons. The molecule has 0 fully saturated rings. The molecule has 0 saturated heterocycles. The molecule has 1 heterocycles. The van der Waals surface area contributed by atoms with E-state index >= 15 is 0 Å². The zero-order valence-corrected chi connectivity index (χ0v) is 10.9. The van der Waals surface area contributed by atoms with E-state index in [1.807, 2.05) is 13.0 Å². The molecule has 0 aliphatic carbocycles. The van der Waals surface area contributed by atoms with Gasteiger partial charge in [-0.05, 0) is 24.6 Å². The molecule has 18 heavy (non-hydrogen) atoms. The molecule has 1 aromatic carbocycles. The van der Waals surface area contributed by atoms with Crippen LogP contribution < -0.4 is 5.32 Å². The van der Waals surface area contributed by atoms with Crippen molar-refractivity contribution in [2.24, 2.45) is 0 Å². The number of hydrogen-bond donors (Lipinski definition) is 1. The lowest BCUT2D eigenvalue weighted by molar-refractivity contribution is 0.628. The zero-order valence-electron chi connectivity index (χ0n) is 10.2. The first-order valence-corrected chi connectivity index (χ1v) is 6.03. The van der Waals surface area contributed by atoms with Crippen molar-refractivity contribution in [1.82, 2.24) is 9.97 Å². The summed E-state index contributed by atoms with van der Waals surface area (Å²) in [5, 5.41) is 3.05. The quantitative estimate of drug-likeness (QED) is 0.922. The summed E-state index contributed by atoms with van der Waals surface area (Å²) in [6, 6.07) is 6.36. The Hall–Kier alpha value is -1.68. The minimum absolute atomic E-state index is 0.0732. The molecule has 0 unspecified atom stereocenters. The van der Waals surface area contributed by atoms with Crippen molar-refractivity contribution in [3.63, 3.8) is 0 Å². The van der Waals surface area contributed by atoms with Crippen LogP contribution in [0.25, 0.3) is 11.4 Å². The fourth-order valence-corrected chi connectivity index (χ4v) is 1.75. The van der Waals surface area contributed by atoms with Crippen molar-refractivity contribution in [2.45, 2.75) is 13.3 Å². The number of benzene rings is 1. The highest BCUT2D eigenvalue weighted by Crippen LogP contribution is 2.23. The molecule has 0 spiro atoms. The summed E-state index contributed by atoms with van der Waals surface area (Å²) in [6.07, 6.45) is 0.805. The van der Waals surface area contributed by atoms with Gasteiger partial charge in [0.25, 0.3) is 0 Å². The van der Waals surface area contributed by atoms with Gasteiger partial charge in [-0.2, -0.15) is 0 Å². The van der Waals surface area contributed by atoms with E-state index < -0.39 is 5.82 Å². The molecule has 0 aliphatic rings. The monoisotopic (exact) mass is 265 g/mol. The average Bonchev–Trinajstić information content (AvgIpc) is 2.41. The van der Waals surface area contributed by atoms with E-state index in [1.54, 1.807) is 13.1 Å². The summed E-state index contributed by atoms with van der Waals surface area (Å²) in [5.74, 6) is 0.832. The van der Waals surface area contributed by atoms with Crippen molar-refractivity contribution in [3.05, 3.63) is 40.8 Å². The Morgan fingerprint density at radius 3 is 2.67 bits per heavy atom. The SMILES string of the molecule is CCc1cc(NC)nc(-c2ccc(F)c(Cl)c2)n1. The van der Waals surface area contributed by atoms with Crippen LogP contribution in [0.2, 0.25) is 5.02 Å². The van der Waals surface area contributed by atoms with E-state index in [9.17, 15) is 4.39 Å². The molecular formula is C13H13ClFN3. The van der Waals surface area contributed by atoms with Crippen LogP contribution >= 0.6 is 11.6 Å². The van der Waals surface area contributed by atoms with Gasteiger partial charge in [-0.1, -0.05) is 18.5 Å². The number of rotatable bonds is 3. The molecule has 2 aromatic rings. The third-order valence-corrected chi connectivity index (χ3v) is 2.87. The van der Waals surface area contributed by atoms with E-state index in [2.05, 4.69) is 15.3 Å². The maximum Gasteiger partial charge on any atom is 0.161 e. The summed E-state index contributed by atoms with van der Waals surface area (Å²) < 4.78 is 13.1. The van der Waals surface area contributed by atoms with Crippen molar-refractivity contribution >= 4 is 17.4 Å². The van der Waals surface area contributed by atoms with Crippen LogP contribution in [0.4, 0.5) is 10.2 Å². The van der Waals surface area contributed by atoms with Crippen LogP contribution in [0.15, 0.2) is 24.3 Å². The molecule has 5 heteroatoms. The minimum atomic E-state index is -0.444. The second-order valence-corrected chi connectivity index (χ2v) is 4.21. The number of halogens is 2. The first-order valence-electron chi connectivity index (χ1n) is 5.65. The van der Waals surface area contributed by atoms with E-state index in [0.717, 1.165) is 17.9 Å². The van der Waals surface area contributed by atoms with E-state index in [1.165, 1.54) is 12.1 Å². The Bertz CT molecular complexity index is 550. The van der Waals surface area contributed by atoms with Gasteiger partial charge in [-0.3, -0.25) is 0 Å². The van der Waals surface area contributed by atoms with E-state index in [4.69, 9.17) is 11.6 Å². The summed E-state index contributed by atoms with van der Waals surface area (Å²) in [6.45, 7) is 2.02. The first-order chi connectivity index (χ1) is 8.63. The highest BCUT2D eigenvalue weighted by atomic mass is 35.5.